The van der Waals surface area contributed by atoms with Gasteiger partial charge in [0.2, 0.25) is 11.8 Å². The van der Waals surface area contributed by atoms with Crippen molar-refractivity contribution in [1.29, 1.82) is 0 Å². The largest absolute Gasteiger partial charge is 0.465 e. The molecule has 4 heterocycles. The number of nitrogens with zero attached hydrogens (tertiary/aromatic N) is 4. The lowest BCUT2D eigenvalue weighted by molar-refractivity contribution is -0.137. The Morgan fingerprint density at radius 1 is 0.672 bits per heavy atom. The first-order chi connectivity index (χ1) is 29.1. The smallest absolute Gasteiger partial charge is 0.407 e. The summed E-state index contributed by atoms with van der Waals surface area (Å²) in [6.07, 6.45) is 5.40. The summed E-state index contributed by atoms with van der Waals surface area (Å²) in [6.45, 7) is 12.0. The third kappa shape index (κ3) is 7.19. The minimum absolute atomic E-state index is 0.00795. The maximum Gasteiger partial charge on any atom is 0.407 e. The van der Waals surface area contributed by atoms with E-state index < -0.39 is 24.3 Å². The van der Waals surface area contributed by atoms with E-state index in [1.54, 1.807) is 0 Å². The molecule has 61 heavy (non-hydrogen) atoms. The number of aromatic amines is 2. The highest BCUT2D eigenvalue weighted by Gasteiger charge is 2.65. The molecular formula is C47H54N8O6. The summed E-state index contributed by atoms with van der Waals surface area (Å²) < 4.78 is 4.82. The summed E-state index contributed by atoms with van der Waals surface area (Å²) in [4.78, 5) is 71.9. The monoisotopic (exact) mass is 826 g/mol. The number of amides is 4. The van der Waals surface area contributed by atoms with Gasteiger partial charge in [-0.05, 0) is 82.4 Å². The SMILES string of the molecule is COC(=O)NC(C(=O)N1[C@H]2C[C@@]2(C)C[C@H]1c1nc(-c2ccc3cc(-c4ccc(-c5c[nH]c([C@@H]6C[C@]7(C)C[C@@H]7N6C(=O)C(NC(=O)O)C(C)C)n5)cc4)ccc3c2)c[nH]1)C(C)C. The number of alkyl carbamates (subject to hydrolysis) is 1. The number of fused-ring (bicyclic) bond motifs is 3. The zero-order valence-electron chi connectivity index (χ0n) is 35.7. The Bertz CT molecular complexity index is 2550. The minimum Gasteiger partial charge on any atom is -0.465 e. The molecule has 2 aliphatic heterocycles. The van der Waals surface area contributed by atoms with Gasteiger partial charge in [-0.2, -0.15) is 0 Å². The molecule has 4 aliphatic rings. The lowest BCUT2D eigenvalue weighted by atomic mass is 9.98. The van der Waals surface area contributed by atoms with E-state index >= 15 is 0 Å². The van der Waals surface area contributed by atoms with Crippen molar-refractivity contribution in [2.24, 2.45) is 22.7 Å². The number of carbonyl (C=O) groups is 4. The molecule has 2 aromatic heterocycles. The fourth-order valence-corrected chi connectivity index (χ4v) is 10.1. The van der Waals surface area contributed by atoms with Crippen LogP contribution in [0.5, 0.6) is 0 Å². The van der Waals surface area contributed by atoms with Gasteiger partial charge in [-0.1, -0.05) is 90.1 Å². The summed E-state index contributed by atoms with van der Waals surface area (Å²) >= 11 is 0. The van der Waals surface area contributed by atoms with Crippen LogP contribution in [0.2, 0.25) is 0 Å². The third-order valence-corrected chi connectivity index (χ3v) is 13.9. The van der Waals surface area contributed by atoms with Crippen molar-refractivity contribution in [2.45, 2.75) is 103 Å². The van der Waals surface area contributed by atoms with E-state index in [0.29, 0.717) is 5.82 Å². The van der Waals surface area contributed by atoms with Gasteiger partial charge < -0.3 is 40.2 Å². The highest BCUT2D eigenvalue weighted by Crippen LogP contribution is 2.64. The molecular weight excluding hydrogens is 773 g/mol. The Hall–Kier alpha value is -6.18. The molecule has 0 spiro atoms. The number of methoxy groups -OCH3 is 1. The Kier molecular flexibility index (Phi) is 9.74. The number of aromatic nitrogens is 4. The van der Waals surface area contributed by atoms with E-state index in [-0.39, 0.29) is 58.6 Å². The van der Waals surface area contributed by atoms with Gasteiger partial charge in [0.25, 0.3) is 0 Å². The molecule has 2 saturated heterocycles. The van der Waals surface area contributed by atoms with Crippen molar-refractivity contribution in [2.75, 3.05) is 7.11 Å². The van der Waals surface area contributed by atoms with Gasteiger partial charge in [0, 0.05) is 35.6 Å². The first kappa shape index (κ1) is 40.2. The van der Waals surface area contributed by atoms with Crippen LogP contribution in [-0.4, -0.2) is 90.1 Å². The van der Waals surface area contributed by atoms with Gasteiger partial charge in [0.15, 0.2) is 0 Å². The van der Waals surface area contributed by atoms with Crippen LogP contribution in [0.4, 0.5) is 9.59 Å². The number of piperidine rings is 2. The summed E-state index contributed by atoms with van der Waals surface area (Å²) in [6, 6.07) is 19.2. The molecule has 2 aliphatic carbocycles. The molecule has 0 radical (unpaired) electrons. The average Bonchev–Trinajstić information content (AvgIpc) is 3.68. The second kappa shape index (κ2) is 14.8. The molecule has 14 nitrogen and oxygen atoms in total. The van der Waals surface area contributed by atoms with Crippen LogP contribution in [0.1, 0.15) is 91.0 Å². The number of imidazole rings is 2. The lowest BCUT2D eigenvalue weighted by Crippen LogP contribution is -2.52. The van der Waals surface area contributed by atoms with Crippen molar-refractivity contribution in [1.82, 2.24) is 40.4 Å². The number of rotatable bonds is 11. The number of hydrogen-bond donors (Lipinski definition) is 5. The quantitative estimate of drug-likeness (QED) is 0.0885. The highest BCUT2D eigenvalue weighted by atomic mass is 16.5. The number of H-pyrrole nitrogens is 2. The fourth-order valence-electron chi connectivity index (χ4n) is 10.1. The summed E-state index contributed by atoms with van der Waals surface area (Å²) in [5, 5.41) is 16.8. The van der Waals surface area contributed by atoms with Gasteiger partial charge in [0.05, 0.1) is 30.6 Å². The van der Waals surface area contributed by atoms with Crippen LogP contribution in [0.15, 0.2) is 73.1 Å². The molecule has 2 saturated carbocycles. The van der Waals surface area contributed by atoms with E-state index in [4.69, 9.17) is 14.7 Å². The zero-order chi connectivity index (χ0) is 43.1. The van der Waals surface area contributed by atoms with E-state index in [0.717, 1.165) is 75.9 Å². The predicted octanol–water partition coefficient (Wildman–Crippen LogP) is 8.06. The number of nitrogens with one attached hydrogen (secondary N) is 4. The van der Waals surface area contributed by atoms with Crippen molar-refractivity contribution >= 4 is 34.8 Å². The van der Waals surface area contributed by atoms with Gasteiger partial charge in [-0.3, -0.25) is 9.59 Å². The number of benzene rings is 3. The summed E-state index contributed by atoms with van der Waals surface area (Å²) in [7, 11) is 1.30. The third-order valence-electron chi connectivity index (χ3n) is 13.9. The van der Waals surface area contributed by atoms with E-state index in [1.807, 2.05) is 49.9 Å². The second-order valence-corrected chi connectivity index (χ2v) is 18.9. The molecule has 14 heteroatoms. The zero-order valence-corrected chi connectivity index (χ0v) is 35.7. The Morgan fingerprint density at radius 2 is 1.11 bits per heavy atom. The first-order valence-corrected chi connectivity index (χ1v) is 21.3. The highest BCUT2D eigenvalue weighted by molar-refractivity contribution is 5.91. The summed E-state index contributed by atoms with van der Waals surface area (Å²) in [5.74, 6) is 0.847. The van der Waals surface area contributed by atoms with Crippen LogP contribution in [0.3, 0.4) is 0 Å². The minimum atomic E-state index is -1.20. The maximum absolute atomic E-state index is 14.0. The molecule has 8 atom stereocenters. The molecule has 318 valence electrons. The molecule has 5 N–H and O–H groups in total. The molecule has 4 amide bonds. The number of hydrogen-bond acceptors (Lipinski definition) is 7. The van der Waals surface area contributed by atoms with E-state index in [1.165, 1.54) is 7.11 Å². The fraction of sp³-hybridized carbons (Fsp3) is 0.447. The lowest BCUT2D eigenvalue weighted by Gasteiger charge is -2.31. The van der Waals surface area contributed by atoms with Crippen molar-refractivity contribution in [3.8, 4) is 33.6 Å². The average molecular weight is 827 g/mol. The molecule has 2 unspecified atom stereocenters. The number of ether oxygens (including phenoxy) is 1. The molecule has 5 aromatic rings. The van der Waals surface area contributed by atoms with Crippen LogP contribution in [0, 0.1) is 22.7 Å². The molecule has 9 rings (SSSR count). The first-order valence-electron chi connectivity index (χ1n) is 21.3. The predicted molar refractivity (Wildman–Crippen MR) is 230 cm³/mol. The van der Waals surface area contributed by atoms with E-state index in [2.05, 4.69) is 95.1 Å². The normalized spacial score (nSPS) is 25.9. The van der Waals surface area contributed by atoms with Crippen LogP contribution >= 0.6 is 0 Å². The molecule has 4 fully saturated rings. The number of likely N-dealkylation sites (tertiary alicyclic amines) is 2. The van der Waals surface area contributed by atoms with Gasteiger partial charge in [0.1, 0.15) is 23.7 Å². The Labute approximate surface area is 354 Å². The van der Waals surface area contributed by atoms with Crippen molar-refractivity contribution < 1.29 is 29.0 Å². The summed E-state index contributed by atoms with van der Waals surface area (Å²) in [5.41, 5.74) is 5.69. The van der Waals surface area contributed by atoms with Crippen LogP contribution in [0.25, 0.3) is 44.4 Å². The molecule has 0 bridgehead atoms. The van der Waals surface area contributed by atoms with Gasteiger partial charge >= 0.3 is 12.2 Å². The topological polar surface area (TPSA) is 186 Å². The standard InChI is InChI=1S/C47H54N8O6/c1-24(2)38(52-44(58)59)42(56)54-34(18-46(5)20-36(46)54)40-48-22-32(50-40)27-10-8-26(9-11-27)28-12-13-30-17-31(15-14-29(30)16-28)33-23-49-41(51-33)35-19-47(6)21-37(47)55(35)43(57)39(25(3)4)53-45(60)61-7/h8-17,22-25,34-39,52H,18-21H2,1-7H3,(H,48,50)(H,49,51)(H,53,60)(H,58,59)/t34-,35-,36-,37-,38?,39?,46+,47+/m0/s1. The Balaban J connectivity index is 0.895. The maximum atomic E-state index is 14.0. The van der Waals surface area contributed by atoms with Crippen molar-refractivity contribution in [3.05, 3.63) is 84.7 Å². The Morgan fingerprint density at radius 3 is 1.61 bits per heavy atom. The number of carboxylic acid groups (broad SMARTS) is 1. The second-order valence-electron chi connectivity index (χ2n) is 18.9. The van der Waals surface area contributed by atoms with Gasteiger partial charge in [-0.15, -0.1) is 0 Å². The number of carbonyl (C=O) groups excluding carboxylic acids is 3. The van der Waals surface area contributed by atoms with E-state index in [9.17, 15) is 24.3 Å². The van der Waals surface area contributed by atoms with Gasteiger partial charge in [-0.25, -0.2) is 19.6 Å². The molecule has 3 aromatic carbocycles. The van der Waals surface area contributed by atoms with Crippen molar-refractivity contribution in [3.63, 3.8) is 0 Å². The van der Waals surface area contributed by atoms with Crippen LogP contribution < -0.4 is 10.6 Å². The van der Waals surface area contributed by atoms with Crippen LogP contribution in [-0.2, 0) is 14.3 Å².